The quantitative estimate of drug-likeness (QED) is 0.572. The number of carbonyl (C=O) groups is 3. The van der Waals surface area contributed by atoms with E-state index in [0.29, 0.717) is 6.42 Å². The fourth-order valence-corrected chi connectivity index (χ4v) is 8.02. The zero-order valence-corrected chi connectivity index (χ0v) is 18.0. The first-order chi connectivity index (χ1) is 13.6. The van der Waals surface area contributed by atoms with Gasteiger partial charge in [0.2, 0.25) is 0 Å². The summed E-state index contributed by atoms with van der Waals surface area (Å²) in [5.74, 6) is -0.474. The molecule has 6 nitrogen and oxygen atoms in total. The van der Waals surface area contributed by atoms with Crippen molar-refractivity contribution >= 4 is 18.2 Å². The van der Waals surface area contributed by atoms with Crippen LogP contribution in [-0.4, -0.2) is 41.1 Å². The summed E-state index contributed by atoms with van der Waals surface area (Å²) in [6.45, 7) is 7.19. The summed E-state index contributed by atoms with van der Waals surface area (Å²) in [5.41, 5.74) is -1.67. The van der Waals surface area contributed by atoms with Crippen LogP contribution < -0.4 is 0 Å². The van der Waals surface area contributed by atoms with Crippen molar-refractivity contribution in [3.05, 3.63) is 0 Å². The lowest BCUT2D eigenvalue weighted by Gasteiger charge is -2.51. The molecule has 0 saturated heterocycles. The standard InChI is InChI=1S/C23H34O6/c1-13(25)28-15-7-10-22(4)17-8-9-21(3)16(5-6-19(21)29-14(2)26)20(17)18(12-24)23(22,27)11-15/h12,15-20,27H,5-11H2,1-4H3/t15-,16+,17+,18-,19-,20-,21+,22+,23+/m0/s1. The van der Waals surface area contributed by atoms with Crippen LogP contribution in [0.15, 0.2) is 0 Å². The van der Waals surface area contributed by atoms with E-state index >= 15 is 0 Å². The van der Waals surface area contributed by atoms with Crippen molar-refractivity contribution in [3.63, 3.8) is 0 Å². The lowest BCUT2D eigenvalue weighted by Crippen LogP contribution is -2.55. The molecule has 6 heteroatoms. The Kier molecular flexibility index (Phi) is 4.88. The highest BCUT2D eigenvalue weighted by molar-refractivity contribution is 5.66. The molecule has 0 aromatic carbocycles. The van der Waals surface area contributed by atoms with Gasteiger partial charge in [-0.05, 0) is 56.3 Å². The average molecular weight is 407 g/mol. The minimum absolute atomic E-state index is 0.0814. The minimum atomic E-state index is -1.16. The molecule has 0 aromatic rings. The van der Waals surface area contributed by atoms with Crippen molar-refractivity contribution in [2.45, 2.75) is 90.4 Å². The second-order valence-electron chi connectivity index (χ2n) is 10.5. The summed E-state index contributed by atoms with van der Waals surface area (Å²) in [5, 5.41) is 12.0. The van der Waals surface area contributed by atoms with E-state index in [-0.39, 0.29) is 52.7 Å². The third-order valence-corrected chi connectivity index (χ3v) is 9.33. The van der Waals surface area contributed by atoms with Gasteiger partial charge in [0.05, 0.1) is 5.60 Å². The summed E-state index contributed by atoms with van der Waals surface area (Å²) in [7, 11) is 0. The van der Waals surface area contributed by atoms with Crippen molar-refractivity contribution < 1.29 is 29.0 Å². The molecule has 0 radical (unpaired) electrons. The summed E-state index contributed by atoms with van der Waals surface area (Å²) < 4.78 is 11.1. The van der Waals surface area contributed by atoms with Crippen molar-refractivity contribution in [2.75, 3.05) is 0 Å². The number of hydrogen-bond acceptors (Lipinski definition) is 6. The summed E-state index contributed by atoms with van der Waals surface area (Å²) >= 11 is 0. The van der Waals surface area contributed by atoms with Crippen LogP contribution in [-0.2, 0) is 23.9 Å². The number of aliphatic hydroxyl groups is 1. The highest BCUT2D eigenvalue weighted by atomic mass is 16.5. The second-order valence-corrected chi connectivity index (χ2v) is 10.5. The molecule has 0 amide bonds. The first-order valence-electron chi connectivity index (χ1n) is 11.1. The van der Waals surface area contributed by atoms with Crippen LogP contribution in [0.2, 0.25) is 0 Å². The predicted octanol–water partition coefficient (Wildman–Crippen LogP) is 3.04. The number of fused-ring (bicyclic) bond motifs is 5. The highest BCUT2D eigenvalue weighted by Crippen LogP contribution is 2.71. The second kappa shape index (κ2) is 6.79. The van der Waals surface area contributed by atoms with E-state index in [4.69, 9.17) is 9.47 Å². The molecule has 162 valence electrons. The lowest BCUT2D eigenvalue weighted by atomic mass is 9.55. The van der Waals surface area contributed by atoms with Crippen LogP contribution in [0.4, 0.5) is 0 Å². The predicted molar refractivity (Wildman–Crippen MR) is 105 cm³/mol. The lowest BCUT2D eigenvalue weighted by molar-refractivity contribution is -0.174. The number of rotatable bonds is 3. The normalized spacial score (nSPS) is 50.8. The van der Waals surface area contributed by atoms with Gasteiger partial charge in [-0.15, -0.1) is 0 Å². The number of esters is 2. The summed E-state index contributed by atoms with van der Waals surface area (Å²) in [4.78, 5) is 35.5. The fourth-order valence-electron chi connectivity index (χ4n) is 8.02. The molecule has 0 heterocycles. The van der Waals surface area contributed by atoms with Gasteiger partial charge in [0.1, 0.15) is 18.5 Å². The highest BCUT2D eigenvalue weighted by Gasteiger charge is 2.72. The average Bonchev–Trinajstić information content (AvgIpc) is 3.04. The van der Waals surface area contributed by atoms with E-state index in [9.17, 15) is 19.5 Å². The topological polar surface area (TPSA) is 89.9 Å². The minimum Gasteiger partial charge on any atom is -0.462 e. The van der Waals surface area contributed by atoms with Gasteiger partial charge in [-0.25, -0.2) is 0 Å². The first kappa shape index (κ1) is 20.8. The molecule has 4 saturated carbocycles. The van der Waals surface area contributed by atoms with Crippen LogP contribution in [0.1, 0.15) is 72.6 Å². The van der Waals surface area contributed by atoms with E-state index < -0.39 is 11.5 Å². The van der Waals surface area contributed by atoms with Crippen LogP contribution in [0.25, 0.3) is 0 Å². The van der Waals surface area contributed by atoms with E-state index in [1.54, 1.807) is 0 Å². The van der Waals surface area contributed by atoms with Gasteiger partial charge in [0.15, 0.2) is 0 Å². The maximum atomic E-state index is 12.4. The van der Waals surface area contributed by atoms with Gasteiger partial charge in [0.25, 0.3) is 0 Å². The molecule has 4 aliphatic carbocycles. The molecule has 4 fully saturated rings. The molecule has 9 atom stereocenters. The van der Waals surface area contributed by atoms with Gasteiger partial charge >= 0.3 is 11.9 Å². The molecule has 4 aliphatic rings. The smallest absolute Gasteiger partial charge is 0.302 e. The molecule has 1 N–H and O–H groups in total. The molecular weight excluding hydrogens is 372 g/mol. The Morgan fingerprint density at radius 3 is 2.28 bits per heavy atom. The third-order valence-electron chi connectivity index (χ3n) is 9.33. The van der Waals surface area contributed by atoms with Gasteiger partial charge < -0.3 is 19.4 Å². The number of carbonyl (C=O) groups excluding carboxylic acids is 3. The van der Waals surface area contributed by atoms with Gasteiger partial charge in [0, 0.05) is 37.0 Å². The Hall–Kier alpha value is -1.43. The van der Waals surface area contributed by atoms with E-state index in [0.717, 1.165) is 44.8 Å². The SMILES string of the molecule is CC(=O)O[C@H]1CC[C@]2(C)[C@@H]3CC[C@@]4(C)[C@@H](OC(C)=O)CC[C@@H]4[C@@H]3[C@H](C=O)[C@]2(O)C1. The van der Waals surface area contributed by atoms with E-state index in [1.807, 2.05) is 0 Å². The Balaban J connectivity index is 1.68. The molecule has 0 bridgehead atoms. The van der Waals surface area contributed by atoms with Crippen molar-refractivity contribution in [1.29, 1.82) is 0 Å². The number of ether oxygens (including phenoxy) is 2. The van der Waals surface area contributed by atoms with Crippen molar-refractivity contribution in [2.24, 2.45) is 34.5 Å². The van der Waals surface area contributed by atoms with Crippen molar-refractivity contribution in [1.82, 2.24) is 0 Å². The first-order valence-corrected chi connectivity index (χ1v) is 11.1. The largest absolute Gasteiger partial charge is 0.462 e. The van der Waals surface area contributed by atoms with E-state index in [1.165, 1.54) is 13.8 Å². The number of hydrogen-bond donors (Lipinski definition) is 1. The Morgan fingerprint density at radius 2 is 1.66 bits per heavy atom. The molecule has 0 unspecified atom stereocenters. The zero-order valence-electron chi connectivity index (χ0n) is 18.0. The van der Waals surface area contributed by atoms with Crippen LogP contribution in [0.3, 0.4) is 0 Å². The molecular formula is C23H34O6. The summed E-state index contributed by atoms with van der Waals surface area (Å²) in [6, 6.07) is 0. The maximum absolute atomic E-state index is 12.4. The molecule has 4 rings (SSSR count). The van der Waals surface area contributed by atoms with Crippen LogP contribution in [0, 0.1) is 34.5 Å². The Morgan fingerprint density at radius 1 is 0.966 bits per heavy atom. The molecule has 0 spiro atoms. The zero-order chi connectivity index (χ0) is 21.2. The van der Waals surface area contributed by atoms with Crippen LogP contribution >= 0.6 is 0 Å². The number of aldehydes is 1. The monoisotopic (exact) mass is 406 g/mol. The molecule has 0 aromatic heterocycles. The Bertz CT molecular complexity index is 720. The van der Waals surface area contributed by atoms with Gasteiger partial charge in [-0.2, -0.15) is 0 Å². The van der Waals surface area contributed by atoms with E-state index in [2.05, 4.69) is 13.8 Å². The third kappa shape index (κ3) is 2.81. The van der Waals surface area contributed by atoms with Gasteiger partial charge in [-0.1, -0.05) is 13.8 Å². The van der Waals surface area contributed by atoms with Crippen molar-refractivity contribution in [3.8, 4) is 0 Å². The van der Waals surface area contributed by atoms with Crippen LogP contribution in [0.5, 0.6) is 0 Å². The maximum Gasteiger partial charge on any atom is 0.302 e. The Labute approximate surface area is 172 Å². The fraction of sp³-hybridized carbons (Fsp3) is 0.870. The molecule has 0 aliphatic heterocycles. The summed E-state index contributed by atoms with van der Waals surface area (Å²) in [6.07, 6.45) is 5.93. The van der Waals surface area contributed by atoms with Gasteiger partial charge in [-0.3, -0.25) is 9.59 Å². The molecule has 29 heavy (non-hydrogen) atoms.